The van der Waals surface area contributed by atoms with Crippen LogP contribution < -0.4 is 9.47 Å². The van der Waals surface area contributed by atoms with E-state index in [0.29, 0.717) is 6.61 Å². The number of hydrogen-bond donors (Lipinski definition) is 0. The molecule has 2 aromatic rings. The van der Waals surface area contributed by atoms with Crippen molar-refractivity contribution in [3.8, 4) is 11.5 Å². The number of ether oxygens (including phenoxy) is 2. The molecule has 2 aromatic carbocycles. The van der Waals surface area contributed by atoms with Gasteiger partial charge in [-0.1, -0.05) is 17.7 Å². The van der Waals surface area contributed by atoms with Crippen molar-refractivity contribution in [1.82, 2.24) is 0 Å². The summed E-state index contributed by atoms with van der Waals surface area (Å²) in [5, 5.41) is 0.755. The Morgan fingerprint density at radius 2 is 1.83 bits per heavy atom. The summed E-state index contributed by atoms with van der Waals surface area (Å²) < 4.78 is 11.7. The molecule has 3 heteroatoms. The zero-order chi connectivity index (χ0) is 16.6. The van der Waals surface area contributed by atoms with Gasteiger partial charge in [0.1, 0.15) is 17.1 Å². The largest absolute Gasteiger partial charge is 0.494 e. The first-order valence-corrected chi connectivity index (χ1v) is 8.23. The van der Waals surface area contributed by atoms with Crippen molar-refractivity contribution in [3.63, 3.8) is 0 Å². The summed E-state index contributed by atoms with van der Waals surface area (Å²) in [5.74, 6) is 1.68. The topological polar surface area (TPSA) is 18.5 Å². The first-order valence-electron chi connectivity index (χ1n) is 7.85. The van der Waals surface area contributed by atoms with Crippen molar-refractivity contribution in [2.45, 2.75) is 33.3 Å². The van der Waals surface area contributed by atoms with Crippen LogP contribution in [0, 0.1) is 6.92 Å². The van der Waals surface area contributed by atoms with Gasteiger partial charge in [-0.2, -0.15) is 0 Å². The van der Waals surface area contributed by atoms with E-state index in [1.165, 1.54) is 11.1 Å². The van der Waals surface area contributed by atoms with E-state index < -0.39 is 0 Å². The van der Waals surface area contributed by atoms with Crippen LogP contribution in [0.3, 0.4) is 0 Å². The molecule has 0 saturated carbocycles. The van der Waals surface area contributed by atoms with Crippen molar-refractivity contribution in [2.75, 3.05) is 6.61 Å². The molecule has 0 bridgehead atoms. The highest BCUT2D eigenvalue weighted by Gasteiger charge is 2.28. The lowest BCUT2D eigenvalue weighted by Gasteiger charge is -2.32. The van der Waals surface area contributed by atoms with Crippen LogP contribution in [0.25, 0.3) is 5.57 Å². The van der Waals surface area contributed by atoms with E-state index >= 15 is 0 Å². The van der Waals surface area contributed by atoms with Gasteiger partial charge in [0, 0.05) is 16.7 Å². The van der Waals surface area contributed by atoms with Gasteiger partial charge >= 0.3 is 0 Å². The summed E-state index contributed by atoms with van der Waals surface area (Å²) in [6, 6.07) is 12.0. The zero-order valence-corrected chi connectivity index (χ0v) is 14.7. The minimum absolute atomic E-state index is 0.376. The summed E-state index contributed by atoms with van der Waals surface area (Å²) >= 11 is 6.11. The highest BCUT2D eigenvalue weighted by molar-refractivity contribution is 6.30. The Morgan fingerprint density at radius 3 is 2.52 bits per heavy atom. The van der Waals surface area contributed by atoms with E-state index in [0.717, 1.165) is 27.6 Å². The maximum atomic E-state index is 6.14. The summed E-state index contributed by atoms with van der Waals surface area (Å²) in [6.45, 7) is 8.83. The maximum absolute atomic E-state index is 6.14. The molecule has 3 rings (SSSR count). The third kappa shape index (κ3) is 3.23. The summed E-state index contributed by atoms with van der Waals surface area (Å²) in [4.78, 5) is 0. The predicted molar refractivity (Wildman–Crippen MR) is 95.6 cm³/mol. The Labute approximate surface area is 142 Å². The molecule has 23 heavy (non-hydrogen) atoms. The van der Waals surface area contributed by atoms with Crippen molar-refractivity contribution in [1.29, 1.82) is 0 Å². The van der Waals surface area contributed by atoms with E-state index in [2.05, 4.69) is 39.0 Å². The fourth-order valence-corrected chi connectivity index (χ4v) is 3.18. The highest BCUT2D eigenvalue weighted by atomic mass is 35.5. The molecule has 2 nitrogen and oxygen atoms in total. The van der Waals surface area contributed by atoms with Gasteiger partial charge in [-0.15, -0.1) is 0 Å². The summed E-state index contributed by atoms with van der Waals surface area (Å²) in [6.07, 6.45) is 2.17. The van der Waals surface area contributed by atoms with Crippen LogP contribution in [0.2, 0.25) is 5.02 Å². The van der Waals surface area contributed by atoms with Crippen LogP contribution in [0.15, 0.2) is 42.5 Å². The number of benzene rings is 2. The van der Waals surface area contributed by atoms with Gasteiger partial charge in [0.2, 0.25) is 0 Å². The van der Waals surface area contributed by atoms with Crippen LogP contribution in [-0.4, -0.2) is 12.2 Å². The Balaban J connectivity index is 2.15. The second-order valence-corrected chi connectivity index (χ2v) is 6.75. The molecule has 120 valence electrons. The monoisotopic (exact) mass is 328 g/mol. The third-order valence-corrected chi connectivity index (χ3v) is 4.13. The lowest BCUT2D eigenvalue weighted by molar-refractivity contribution is 0.157. The molecule has 1 aliphatic rings. The average molecular weight is 329 g/mol. The first kappa shape index (κ1) is 15.9. The Morgan fingerprint density at radius 1 is 1.09 bits per heavy atom. The molecule has 0 amide bonds. The fourth-order valence-electron chi connectivity index (χ4n) is 2.96. The Bertz CT molecular complexity index is 775. The number of aryl methyl sites for hydroxylation is 1. The minimum atomic E-state index is -0.376. The molecule has 1 aliphatic heterocycles. The van der Waals surface area contributed by atoms with Crippen LogP contribution in [0.1, 0.15) is 37.5 Å². The van der Waals surface area contributed by atoms with Gasteiger partial charge in [-0.25, -0.2) is 0 Å². The smallest absolute Gasteiger partial charge is 0.132 e. The predicted octanol–water partition coefficient (Wildman–Crippen LogP) is 5.65. The van der Waals surface area contributed by atoms with Crippen LogP contribution >= 0.6 is 11.6 Å². The second kappa shape index (κ2) is 5.93. The van der Waals surface area contributed by atoms with Crippen molar-refractivity contribution < 1.29 is 9.47 Å². The third-order valence-electron chi connectivity index (χ3n) is 3.90. The molecule has 1 heterocycles. The summed E-state index contributed by atoms with van der Waals surface area (Å²) in [7, 11) is 0. The van der Waals surface area contributed by atoms with Crippen molar-refractivity contribution >= 4 is 17.2 Å². The number of fused-ring (bicyclic) bond motifs is 1. The van der Waals surface area contributed by atoms with Gasteiger partial charge in [0.05, 0.1) is 6.61 Å². The Kier molecular flexibility index (Phi) is 4.11. The van der Waals surface area contributed by atoms with Gasteiger partial charge in [-0.3, -0.25) is 0 Å². The fraction of sp³-hybridized carbons (Fsp3) is 0.300. The van der Waals surface area contributed by atoms with Gasteiger partial charge in [-0.05, 0) is 74.7 Å². The highest BCUT2D eigenvalue weighted by Crippen LogP contribution is 2.42. The standard InChI is InChI=1S/C20H21ClO2/c1-5-22-15-7-9-17-18(12-20(3,4)23-19(17)11-15)16-8-6-14(21)10-13(16)2/h6-12H,5H2,1-4H3. The van der Waals surface area contributed by atoms with Gasteiger partial charge in [0.15, 0.2) is 0 Å². The molecule has 0 aromatic heterocycles. The van der Waals surface area contributed by atoms with E-state index in [4.69, 9.17) is 21.1 Å². The molecule has 0 fully saturated rings. The van der Waals surface area contributed by atoms with E-state index in [9.17, 15) is 0 Å². The van der Waals surface area contributed by atoms with Crippen LogP contribution in [0.4, 0.5) is 0 Å². The SMILES string of the molecule is CCOc1ccc2c(c1)OC(C)(C)C=C2c1ccc(Cl)cc1C. The quantitative estimate of drug-likeness (QED) is 0.724. The lowest BCUT2D eigenvalue weighted by Crippen LogP contribution is -2.29. The molecular weight excluding hydrogens is 308 g/mol. The van der Waals surface area contributed by atoms with E-state index in [1.54, 1.807) is 0 Å². The number of rotatable bonds is 3. The number of halogens is 1. The normalized spacial score (nSPS) is 15.4. The van der Waals surface area contributed by atoms with Gasteiger partial charge in [0.25, 0.3) is 0 Å². The van der Waals surface area contributed by atoms with Crippen LogP contribution in [-0.2, 0) is 0 Å². The maximum Gasteiger partial charge on any atom is 0.132 e. The van der Waals surface area contributed by atoms with Crippen molar-refractivity contribution in [2.24, 2.45) is 0 Å². The molecule has 0 N–H and O–H groups in total. The average Bonchev–Trinajstić information content (AvgIpc) is 2.45. The Hall–Kier alpha value is -1.93. The molecule has 0 spiro atoms. The number of hydrogen-bond acceptors (Lipinski definition) is 2. The summed E-state index contributed by atoms with van der Waals surface area (Å²) in [5.41, 5.74) is 4.21. The van der Waals surface area contributed by atoms with E-state index in [-0.39, 0.29) is 5.60 Å². The molecule has 0 saturated heterocycles. The zero-order valence-electron chi connectivity index (χ0n) is 13.9. The minimum Gasteiger partial charge on any atom is -0.494 e. The first-order chi connectivity index (χ1) is 10.9. The molecular formula is C20H21ClO2. The molecule has 0 radical (unpaired) electrons. The molecule has 0 aliphatic carbocycles. The lowest BCUT2D eigenvalue weighted by atomic mass is 9.88. The second-order valence-electron chi connectivity index (χ2n) is 6.31. The molecule has 0 unspecified atom stereocenters. The van der Waals surface area contributed by atoms with Crippen molar-refractivity contribution in [3.05, 3.63) is 64.2 Å². The van der Waals surface area contributed by atoms with E-state index in [1.807, 2.05) is 31.2 Å². The van der Waals surface area contributed by atoms with Gasteiger partial charge < -0.3 is 9.47 Å². The molecule has 0 atom stereocenters. The van der Waals surface area contributed by atoms with Crippen LogP contribution in [0.5, 0.6) is 11.5 Å².